The Bertz CT molecular complexity index is 931. The molecule has 0 aliphatic carbocycles. The lowest BCUT2D eigenvalue weighted by Gasteiger charge is -2.17. The minimum absolute atomic E-state index is 0.0512. The van der Waals surface area contributed by atoms with Gasteiger partial charge in [-0.25, -0.2) is 0 Å². The smallest absolute Gasteiger partial charge is 0.248 e. The number of aryl methyl sites for hydroxylation is 1. The van der Waals surface area contributed by atoms with Gasteiger partial charge in [-0.05, 0) is 41.8 Å². The standard InChI is InChI=1S/C22H23N3O2/c1-25(15-16-6-5-9-18(14-16)22(23)27)21(26)13-11-19-10-12-20(24-19)17-7-3-2-4-8-17/h2-10,12,14,24H,11,13,15H2,1H3,(H2,23,27). The van der Waals surface area contributed by atoms with E-state index in [9.17, 15) is 9.59 Å². The molecule has 0 atom stereocenters. The van der Waals surface area contributed by atoms with E-state index in [2.05, 4.69) is 17.1 Å². The van der Waals surface area contributed by atoms with E-state index in [0.717, 1.165) is 22.5 Å². The number of aromatic amines is 1. The van der Waals surface area contributed by atoms with E-state index in [4.69, 9.17) is 5.73 Å². The van der Waals surface area contributed by atoms with Crippen molar-refractivity contribution in [2.45, 2.75) is 19.4 Å². The summed E-state index contributed by atoms with van der Waals surface area (Å²) >= 11 is 0. The van der Waals surface area contributed by atoms with Crippen molar-refractivity contribution in [3.05, 3.63) is 83.6 Å². The Balaban J connectivity index is 1.55. The molecule has 3 rings (SSSR count). The van der Waals surface area contributed by atoms with Crippen LogP contribution < -0.4 is 5.73 Å². The van der Waals surface area contributed by atoms with Crippen molar-refractivity contribution in [1.29, 1.82) is 0 Å². The summed E-state index contributed by atoms with van der Waals surface area (Å²) in [5.41, 5.74) is 9.85. The highest BCUT2D eigenvalue weighted by Gasteiger charge is 2.11. The minimum Gasteiger partial charge on any atom is -0.366 e. The largest absolute Gasteiger partial charge is 0.366 e. The summed E-state index contributed by atoms with van der Waals surface area (Å²) in [6.07, 6.45) is 1.07. The summed E-state index contributed by atoms with van der Waals surface area (Å²) in [6, 6.07) is 21.2. The van der Waals surface area contributed by atoms with Gasteiger partial charge in [0.15, 0.2) is 0 Å². The van der Waals surface area contributed by atoms with Gasteiger partial charge in [-0.3, -0.25) is 9.59 Å². The first kappa shape index (κ1) is 18.5. The van der Waals surface area contributed by atoms with Crippen molar-refractivity contribution < 1.29 is 9.59 Å². The van der Waals surface area contributed by atoms with Crippen LogP contribution in [-0.4, -0.2) is 28.7 Å². The Morgan fingerprint density at radius 3 is 2.52 bits per heavy atom. The number of hydrogen-bond acceptors (Lipinski definition) is 2. The van der Waals surface area contributed by atoms with Crippen LogP contribution in [0.2, 0.25) is 0 Å². The number of amides is 2. The number of nitrogens with zero attached hydrogens (tertiary/aromatic N) is 1. The van der Waals surface area contributed by atoms with Gasteiger partial charge in [-0.2, -0.15) is 0 Å². The molecule has 0 saturated heterocycles. The van der Waals surface area contributed by atoms with Crippen LogP contribution in [0.1, 0.15) is 28.0 Å². The first-order valence-electron chi connectivity index (χ1n) is 8.89. The molecule has 0 radical (unpaired) electrons. The lowest BCUT2D eigenvalue weighted by molar-refractivity contribution is -0.130. The molecule has 5 heteroatoms. The number of hydrogen-bond donors (Lipinski definition) is 2. The second-order valence-corrected chi connectivity index (χ2v) is 6.58. The van der Waals surface area contributed by atoms with Crippen molar-refractivity contribution in [2.75, 3.05) is 7.05 Å². The third-order valence-electron chi connectivity index (χ3n) is 4.50. The van der Waals surface area contributed by atoms with E-state index in [-0.39, 0.29) is 5.91 Å². The molecule has 5 nitrogen and oxygen atoms in total. The number of benzene rings is 2. The van der Waals surface area contributed by atoms with Gasteiger partial charge in [0.2, 0.25) is 11.8 Å². The van der Waals surface area contributed by atoms with Crippen molar-refractivity contribution in [2.24, 2.45) is 5.73 Å². The SMILES string of the molecule is CN(Cc1cccc(C(N)=O)c1)C(=O)CCc1ccc(-c2ccccc2)[nH]1. The zero-order chi connectivity index (χ0) is 19.2. The molecule has 3 N–H and O–H groups in total. The molecule has 0 aliphatic heterocycles. The number of rotatable bonds is 7. The zero-order valence-corrected chi connectivity index (χ0v) is 15.3. The maximum absolute atomic E-state index is 12.4. The highest BCUT2D eigenvalue weighted by molar-refractivity contribution is 5.92. The average molecular weight is 361 g/mol. The van der Waals surface area contributed by atoms with Gasteiger partial charge in [0, 0.05) is 37.0 Å². The molecule has 2 aromatic carbocycles. The van der Waals surface area contributed by atoms with Gasteiger partial charge in [-0.15, -0.1) is 0 Å². The van der Waals surface area contributed by atoms with Gasteiger partial charge in [0.05, 0.1) is 0 Å². The van der Waals surface area contributed by atoms with E-state index in [1.807, 2.05) is 36.4 Å². The summed E-state index contributed by atoms with van der Waals surface area (Å²) in [5, 5.41) is 0. The number of primary amides is 1. The van der Waals surface area contributed by atoms with Crippen LogP contribution in [0, 0.1) is 0 Å². The summed E-state index contributed by atoms with van der Waals surface area (Å²) < 4.78 is 0. The van der Waals surface area contributed by atoms with E-state index in [0.29, 0.717) is 24.9 Å². The summed E-state index contributed by atoms with van der Waals surface area (Å²) in [7, 11) is 1.77. The van der Waals surface area contributed by atoms with Crippen LogP contribution >= 0.6 is 0 Å². The van der Waals surface area contributed by atoms with Crippen LogP contribution in [-0.2, 0) is 17.8 Å². The van der Waals surface area contributed by atoms with E-state index in [1.165, 1.54) is 0 Å². The van der Waals surface area contributed by atoms with E-state index in [1.54, 1.807) is 30.1 Å². The number of nitrogens with one attached hydrogen (secondary N) is 1. The molecule has 3 aromatic rings. The van der Waals surface area contributed by atoms with Crippen molar-refractivity contribution in [3.8, 4) is 11.3 Å². The molecule has 138 valence electrons. The van der Waals surface area contributed by atoms with Gasteiger partial charge in [0.25, 0.3) is 0 Å². The lowest BCUT2D eigenvalue weighted by Crippen LogP contribution is -2.26. The Morgan fingerprint density at radius 1 is 1.00 bits per heavy atom. The molecule has 1 aromatic heterocycles. The van der Waals surface area contributed by atoms with Gasteiger partial charge >= 0.3 is 0 Å². The van der Waals surface area contributed by atoms with Crippen LogP contribution in [0.5, 0.6) is 0 Å². The van der Waals surface area contributed by atoms with Crippen molar-refractivity contribution in [1.82, 2.24) is 9.88 Å². The molecule has 0 unspecified atom stereocenters. The zero-order valence-electron chi connectivity index (χ0n) is 15.3. The van der Waals surface area contributed by atoms with Crippen LogP contribution in [0.15, 0.2) is 66.7 Å². The summed E-state index contributed by atoms with van der Waals surface area (Å²) in [6.45, 7) is 0.444. The highest BCUT2D eigenvalue weighted by Crippen LogP contribution is 2.18. The molecule has 0 saturated carbocycles. The molecule has 0 fully saturated rings. The van der Waals surface area contributed by atoms with Gasteiger partial charge in [0.1, 0.15) is 0 Å². The van der Waals surface area contributed by atoms with Crippen LogP contribution in [0.25, 0.3) is 11.3 Å². The first-order chi connectivity index (χ1) is 13.0. The van der Waals surface area contributed by atoms with Crippen molar-refractivity contribution >= 4 is 11.8 Å². The third kappa shape index (κ3) is 4.85. The fourth-order valence-electron chi connectivity index (χ4n) is 2.99. The Kier molecular flexibility index (Phi) is 5.71. The molecular weight excluding hydrogens is 338 g/mol. The summed E-state index contributed by atoms with van der Waals surface area (Å²) in [5.74, 6) is -0.415. The maximum atomic E-state index is 12.4. The second-order valence-electron chi connectivity index (χ2n) is 6.58. The van der Waals surface area contributed by atoms with E-state index >= 15 is 0 Å². The predicted molar refractivity (Wildman–Crippen MR) is 106 cm³/mol. The number of carbonyl (C=O) groups excluding carboxylic acids is 2. The number of carbonyl (C=O) groups is 2. The number of nitrogens with two attached hydrogens (primary N) is 1. The number of H-pyrrole nitrogens is 1. The molecule has 0 bridgehead atoms. The third-order valence-corrected chi connectivity index (χ3v) is 4.50. The topological polar surface area (TPSA) is 79.2 Å². The highest BCUT2D eigenvalue weighted by atomic mass is 16.2. The Morgan fingerprint density at radius 2 is 1.78 bits per heavy atom. The number of aromatic nitrogens is 1. The quantitative estimate of drug-likeness (QED) is 0.677. The fraction of sp³-hybridized carbons (Fsp3) is 0.182. The molecule has 0 spiro atoms. The Hall–Kier alpha value is -3.34. The Labute approximate surface area is 158 Å². The van der Waals surface area contributed by atoms with Gasteiger partial charge < -0.3 is 15.6 Å². The predicted octanol–water partition coefficient (Wildman–Crippen LogP) is 3.37. The molecule has 27 heavy (non-hydrogen) atoms. The van der Waals surface area contributed by atoms with Crippen molar-refractivity contribution in [3.63, 3.8) is 0 Å². The maximum Gasteiger partial charge on any atom is 0.248 e. The molecule has 0 aliphatic rings. The van der Waals surface area contributed by atoms with Crippen LogP contribution in [0.3, 0.4) is 0 Å². The molecule has 1 heterocycles. The monoisotopic (exact) mass is 361 g/mol. The first-order valence-corrected chi connectivity index (χ1v) is 8.89. The second kappa shape index (κ2) is 8.36. The fourth-order valence-corrected chi connectivity index (χ4v) is 2.99. The lowest BCUT2D eigenvalue weighted by atomic mass is 10.1. The average Bonchev–Trinajstić information content (AvgIpc) is 3.16. The summed E-state index contributed by atoms with van der Waals surface area (Å²) in [4.78, 5) is 28.8. The normalized spacial score (nSPS) is 10.6. The van der Waals surface area contributed by atoms with E-state index < -0.39 is 5.91 Å². The minimum atomic E-state index is -0.466. The molecular formula is C22H23N3O2. The van der Waals surface area contributed by atoms with Gasteiger partial charge in [-0.1, -0.05) is 42.5 Å². The van der Waals surface area contributed by atoms with Crippen LogP contribution in [0.4, 0.5) is 0 Å². The molecule has 2 amide bonds.